The molecule has 0 aromatic rings. The molecule has 0 radical (unpaired) electrons. The maximum Gasteiger partial charge on any atom is 0.306 e. The molecule has 6 nitrogen and oxygen atoms in total. The molecule has 0 rings (SSSR count). The van der Waals surface area contributed by atoms with Gasteiger partial charge in [-0.15, -0.1) is 0 Å². The van der Waals surface area contributed by atoms with Crippen LogP contribution in [-0.2, 0) is 28.6 Å². The van der Waals surface area contributed by atoms with Crippen molar-refractivity contribution in [2.24, 2.45) is 0 Å². The predicted molar refractivity (Wildman–Crippen MR) is 311 cm³/mol. The minimum atomic E-state index is -0.784. The van der Waals surface area contributed by atoms with Crippen molar-refractivity contribution in [3.8, 4) is 0 Å². The van der Waals surface area contributed by atoms with Gasteiger partial charge < -0.3 is 14.2 Å². The van der Waals surface area contributed by atoms with Crippen molar-refractivity contribution in [2.45, 2.75) is 316 Å². The van der Waals surface area contributed by atoms with Crippen molar-refractivity contribution in [1.29, 1.82) is 0 Å². The van der Waals surface area contributed by atoms with Crippen LogP contribution in [0.3, 0.4) is 0 Å². The highest BCUT2D eigenvalue weighted by molar-refractivity contribution is 5.71. The van der Waals surface area contributed by atoms with Gasteiger partial charge in [0.2, 0.25) is 0 Å². The summed E-state index contributed by atoms with van der Waals surface area (Å²) in [6.45, 7) is 6.54. The maximum atomic E-state index is 12.9. The van der Waals surface area contributed by atoms with Gasteiger partial charge in [-0.25, -0.2) is 0 Å². The smallest absolute Gasteiger partial charge is 0.306 e. The molecule has 0 bridgehead atoms. The highest BCUT2D eigenvalue weighted by Gasteiger charge is 2.19. The van der Waals surface area contributed by atoms with Gasteiger partial charge in [-0.2, -0.15) is 0 Å². The number of ether oxygens (including phenoxy) is 3. The molecule has 0 heterocycles. The Labute approximate surface area is 446 Å². The van der Waals surface area contributed by atoms with Crippen LogP contribution in [0, 0.1) is 0 Å². The Morgan fingerprint density at radius 1 is 0.292 bits per heavy atom. The van der Waals surface area contributed by atoms with Crippen LogP contribution in [-0.4, -0.2) is 37.2 Å². The fourth-order valence-corrected chi connectivity index (χ4v) is 8.82. The monoisotopic (exact) mass is 1000 g/mol. The molecule has 6 heteroatoms. The third-order valence-corrected chi connectivity index (χ3v) is 13.4. The molecular formula is C66H116O6. The van der Waals surface area contributed by atoms with Crippen LogP contribution in [0.4, 0.5) is 0 Å². The van der Waals surface area contributed by atoms with Crippen molar-refractivity contribution in [2.75, 3.05) is 13.2 Å². The lowest BCUT2D eigenvalue weighted by Gasteiger charge is -2.18. The van der Waals surface area contributed by atoms with Gasteiger partial charge in [-0.1, -0.05) is 273 Å². The molecule has 72 heavy (non-hydrogen) atoms. The van der Waals surface area contributed by atoms with Crippen LogP contribution >= 0.6 is 0 Å². The van der Waals surface area contributed by atoms with E-state index in [9.17, 15) is 14.4 Å². The number of hydrogen-bond donors (Lipinski definition) is 0. The van der Waals surface area contributed by atoms with Gasteiger partial charge >= 0.3 is 17.9 Å². The standard InChI is InChI=1S/C66H116O6/c1-4-7-10-13-16-19-22-25-28-30-32-33-35-36-38-41-44-47-50-53-56-59-65(68)71-62-63(61-70-64(67)58-55-52-49-46-43-40-27-24-21-18-15-12-9-6-3)72-66(69)60-57-54-51-48-45-42-39-37-34-31-29-26-23-20-17-14-11-8-5-2/h7,10,16,19,25-26,28-29,32-33,36,38,63H,4-6,8-9,11-15,17-18,20-24,27,30-31,34-35,37,39-62H2,1-3H3/b10-7-,19-16-,28-25-,29-26-,33-32-,38-36-. The maximum absolute atomic E-state index is 12.9. The van der Waals surface area contributed by atoms with Crippen LogP contribution in [0.2, 0.25) is 0 Å². The van der Waals surface area contributed by atoms with Gasteiger partial charge in [0.05, 0.1) is 0 Å². The number of esters is 3. The number of allylic oxidation sites excluding steroid dienone is 12. The molecular weight excluding hydrogens is 889 g/mol. The van der Waals surface area contributed by atoms with Crippen LogP contribution in [0.1, 0.15) is 310 Å². The summed E-state index contributed by atoms with van der Waals surface area (Å²) < 4.78 is 16.9. The second-order valence-electron chi connectivity index (χ2n) is 20.6. The van der Waals surface area contributed by atoms with E-state index < -0.39 is 6.10 Å². The number of rotatable bonds is 56. The van der Waals surface area contributed by atoms with Crippen LogP contribution in [0.15, 0.2) is 72.9 Å². The lowest BCUT2D eigenvalue weighted by molar-refractivity contribution is -0.167. The van der Waals surface area contributed by atoms with Crippen LogP contribution in [0.25, 0.3) is 0 Å². The Hall–Kier alpha value is -3.15. The highest BCUT2D eigenvalue weighted by atomic mass is 16.6. The molecule has 0 aromatic carbocycles. The quantitative estimate of drug-likeness (QED) is 0.0261. The zero-order valence-electron chi connectivity index (χ0n) is 47.7. The van der Waals surface area contributed by atoms with Gasteiger partial charge in [-0.3, -0.25) is 14.4 Å². The zero-order chi connectivity index (χ0) is 52.2. The van der Waals surface area contributed by atoms with Crippen molar-refractivity contribution < 1.29 is 28.6 Å². The first-order valence-electron chi connectivity index (χ1n) is 30.9. The Morgan fingerprint density at radius 3 is 0.861 bits per heavy atom. The van der Waals surface area contributed by atoms with E-state index >= 15 is 0 Å². The van der Waals surface area contributed by atoms with E-state index in [4.69, 9.17) is 14.2 Å². The van der Waals surface area contributed by atoms with E-state index in [2.05, 4.69) is 93.7 Å². The van der Waals surface area contributed by atoms with Gasteiger partial charge in [0.1, 0.15) is 13.2 Å². The SMILES string of the molecule is CC/C=C\C/C=C\C/C=C\C/C=C\C/C=C\CCCCCCCC(=O)OCC(COC(=O)CCCCCCCCCCCCCCCC)OC(=O)CCCCCCCCCCC/C=C\CCCCCCCC. The number of carbonyl (C=O) groups excluding carboxylic acids is 3. The van der Waals surface area contributed by atoms with Crippen molar-refractivity contribution >= 4 is 17.9 Å². The summed E-state index contributed by atoms with van der Waals surface area (Å²) in [5.74, 6) is -0.887. The third kappa shape index (κ3) is 57.7. The molecule has 0 N–H and O–H groups in total. The largest absolute Gasteiger partial charge is 0.462 e. The zero-order valence-corrected chi connectivity index (χ0v) is 47.7. The molecule has 0 fully saturated rings. The minimum Gasteiger partial charge on any atom is -0.462 e. The first-order valence-corrected chi connectivity index (χ1v) is 30.9. The average molecular weight is 1010 g/mol. The normalized spacial score (nSPS) is 12.5. The molecule has 0 saturated carbocycles. The second kappa shape index (κ2) is 60.4. The highest BCUT2D eigenvalue weighted by Crippen LogP contribution is 2.16. The van der Waals surface area contributed by atoms with Gasteiger partial charge in [0.25, 0.3) is 0 Å². The predicted octanol–water partition coefficient (Wildman–Crippen LogP) is 20.9. The molecule has 0 saturated heterocycles. The first-order chi connectivity index (χ1) is 35.5. The molecule has 0 aromatic heterocycles. The Bertz CT molecular complexity index is 1340. The molecule has 1 atom stereocenters. The Balaban J connectivity index is 4.39. The van der Waals surface area contributed by atoms with E-state index in [-0.39, 0.29) is 31.1 Å². The second-order valence-corrected chi connectivity index (χ2v) is 20.6. The molecule has 1 unspecified atom stereocenters. The number of carbonyl (C=O) groups is 3. The molecule has 0 spiro atoms. The minimum absolute atomic E-state index is 0.0795. The molecule has 0 aliphatic rings. The van der Waals surface area contributed by atoms with E-state index in [1.165, 1.54) is 161 Å². The first kappa shape index (κ1) is 68.8. The summed E-state index contributed by atoms with van der Waals surface area (Å²) in [5, 5.41) is 0. The third-order valence-electron chi connectivity index (χ3n) is 13.4. The van der Waals surface area contributed by atoms with Crippen molar-refractivity contribution in [1.82, 2.24) is 0 Å². The summed E-state index contributed by atoms with van der Waals surface area (Å²) in [6.07, 6.45) is 77.5. The summed E-state index contributed by atoms with van der Waals surface area (Å²) >= 11 is 0. The summed E-state index contributed by atoms with van der Waals surface area (Å²) in [7, 11) is 0. The number of unbranched alkanes of at least 4 members (excludes halogenated alkanes) is 33. The topological polar surface area (TPSA) is 78.9 Å². The molecule has 0 aliphatic carbocycles. The van der Waals surface area contributed by atoms with E-state index in [1.54, 1.807) is 0 Å². The van der Waals surface area contributed by atoms with E-state index in [0.29, 0.717) is 19.3 Å². The van der Waals surface area contributed by atoms with Crippen LogP contribution < -0.4 is 0 Å². The molecule has 416 valence electrons. The molecule has 0 amide bonds. The lowest BCUT2D eigenvalue weighted by Crippen LogP contribution is -2.30. The average Bonchev–Trinajstić information content (AvgIpc) is 3.38. The Kier molecular flexibility index (Phi) is 57.8. The van der Waals surface area contributed by atoms with E-state index in [0.717, 1.165) is 109 Å². The van der Waals surface area contributed by atoms with Gasteiger partial charge in [-0.05, 0) is 89.9 Å². The lowest BCUT2D eigenvalue weighted by atomic mass is 10.0. The van der Waals surface area contributed by atoms with Crippen molar-refractivity contribution in [3.05, 3.63) is 72.9 Å². The number of hydrogen-bond acceptors (Lipinski definition) is 6. The molecule has 0 aliphatic heterocycles. The van der Waals surface area contributed by atoms with Gasteiger partial charge in [0.15, 0.2) is 6.10 Å². The summed E-state index contributed by atoms with van der Waals surface area (Å²) in [6, 6.07) is 0. The fraction of sp³-hybridized carbons (Fsp3) is 0.773. The van der Waals surface area contributed by atoms with Crippen LogP contribution in [0.5, 0.6) is 0 Å². The van der Waals surface area contributed by atoms with E-state index in [1.807, 2.05) is 0 Å². The fourth-order valence-electron chi connectivity index (χ4n) is 8.82. The summed E-state index contributed by atoms with van der Waals surface area (Å²) in [4.78, 5) is 38.3. The van der Waals surface area contributed by atoms with Crippen molar-refractivity contribution in [3.63, 3.8) is 0 Å². The van der Waals surface area contributed by atoms with Gasteiger partial charge in [0, 0.05) is 19.3 Å². The Morgan fingerprint density at radius 2 is 0.542 bits per heavy atom. The summed E-state index contributed by atoms with van der Waals surface area (Å²) in [5.41, 5.74) is 0.